The number of carbonyl (C=O) groups is 5. The van der Waals surface area contributed by atoms with E-state index in [0.29, 0.717) is 25.8 Å². The molecule has 2 aliphatic heterocycles. The van der Waals surface area contributed by atoms with Crippen molar-refractivity contribution < 1.29 is 28.7 Å². The molecule has 2 saturated heterocycles. The van der Waals surface area contributed by atoms with Gasteiger partial charge in [0.05, 0.1) is 0 Å². The van der Waals surface area contributed by atoms with Gasteiger partial charge in [-0.2, -0.15) is 0 Å². The number of amides is 5. The first-order valence-electron chi connectivity index (χ1n) is 8.98. The zero-order chi connectivity index (χ0) is 18.9. The van der Waals surface area contributed by atoms with Crippen molar-refractivity contribution in [1.29, 1.82) is 0 Å². The molecular weight excluding hydrogens is 342 g/mol. The van der Waals surface area contributed by atoms with E-state index in [4.69, 9.17) is 4.74 Å². The van der Waals surface area contributed by atoms with Crippen LogP contribution >= 0.6 is 0 Å². The van der Waals surface area contributed by atoms with Gasteiger partial charge in [-0.25, -0.2) is 4.79 Å². The Morgan fingerprint density at radius 1 is 1.23 bits per heavy atom. The predicted octanol–water partition coefficient (Wildman–Crippen LogP) is 0.179. The lowest BCUT2D eigenvalue weighted by Crippen LogP contribution is -2.54. The molecule has 3 aliphatic rings. The van der Waals surface area contributed by atoms with Crippen LogP contribution in [-0.2, 0) is 23.9 Å². The Balaban J connectivity index is 1.55. The normalized spacial score (nSPS) is 28.7. The highest BCUT2D eigenvalue weighted by Crippen LogP contribution is 2.38. The molecule has 26 heavy (non-hydrogen) atoms. The third-order valence-corrected chi connectivity index (χ3v) is 5.52. The molecule has 0 unspecified atom stereocenters. The highest BCUT2D eigenvalue weighted by atomic mass is 16.5. The number of rotatable bonds is 4. The first-order valence-corrected chi connectivity index (χ1v) is 8.98. The summed E-state index contributed by atoms with van der Waals surface area (Å²) in [5, 5.41) is 2.75. The molecule has 1 spiro atoms. The molecule has 5 amide bonds. The van der Waals surface area contributed by atoms with Crippen molar-refractivity contribution in [3.8, 4) is 0 Å². The van der Waals surface area contributed by atoms with Crippen LogP contribution in [0.2, 0.25) is 0 Å². The van der Waals surface area contributed by atoms with Crippen molar-refractivity contribution in [3.63, 3.8) is 0 Å². The lowest BCUT2D eigenvalue weighted by Gasteiger charge is -2.36. The Morgan fingerprint density at radius 2 is 2.00 bits per heavy atom. The average molecular weight is 365 g/mol. The van der Waals surface area contributed by atoms with Crippen molar-refractivity contribution >= 4 is 29.7 Å². The van der Waals surface area contributed by atoms with E-state index in [9.17, 15) is 24.0 Å². The summed E-state index contributed by atoms with van der Waals surface area (Å²) in [7, 11) is 0. The summed E-state index contributed by atoms with van der Waals surface area (Å²) in [6.45, 7) is 1.13. The summed E-state index contributed by atoms with van der Waals surface area (Å²) in [4.78, 5) is 62.2. The number of urea groups is 1. The Kier molecular flexibility index (Phi) is 4.97. The minimum absolute atomic E-state index is 0.00326. The maximum absolute atomic E-state index is 12.7. The van der Waals surface area contributed by atoms with E-state index in [1.165, 1.54) is 0 Å². The number of imide groups is 2. The van der Waals surface area contributed by atoms with Crippen LogP contribution in [0.4, 0.5) is 4.79 Å². The van der Waals surface area contributed by atoms with Gasteiger partial charge in [0.25, 0.3) is 11.8 Å². The number of nitrogens with one attached hydrogen (secondary N) is 1. The van der Waals surface area contributed by atoms with Crippen molar-refractivity contribution in [2.24, 2.45) is 5.92 Å². The fourth-order valence-corrected chi connectivity index (χ4v) is 3.95. The zero-order valence-corrected chi connectivity index (χ0v) is 14.8. The average Bonchev–Trinajstić information content (AvgIpc) is 3.13. The quantitative estimate of drug-likeness (QED) is 0.562. The van der Waals surface area contributed by atoms with Crippen LogP contribution < -0.4 is 5.32 Å². The summed E-state index contributed by atoms with van der Waals surface area (Å²) < 4.78 is 4.87. The first-order chi connectivity index (χ1) is 12.3. The molecule has 0 aromatic heterocycles. The van der Waals surface area contributed by atoms with Crippen LogP contribution in [0.15, 0.2) is 0 Å². The maximum atomic E-state index is 12.7. The van der Waals surface area contributed by atoms with Crippen LogP contribution in [0.5, 0.6) is 0 Å². The van der Waals surface area contributed by atoms with Gasteiger partial charge in [-0.15, -0.1) is 0 Å². The molecule has 9 nitrogen and oxygen atoms in total. The Hall–Kier alpha value is -2.45. The monoisotopic (exact) mass is 365 g/mol. The fourth-order valence-electron chi connectivity index (χ4n) is 3.95. The second kappa shape index (κ2) is 7.05. The number of likely N-dealkylation sites (tertiary alicyclic amines) is 1. The third-order valence-electron chi connectivity index (χ3n) is 5.52. The molecule has 142 valence electrons. The molecule has 0 aromatic rings. The van der Waals surface area contributed by atoms with Crippen LogP contribution in [-0.4, -0.2) is 64.8 Å². The Labute approximate surface area is 151 Å². The molecule has 0 radical (unpaired) electrons. The smallest absolute Gasteiger partial charge is 0.326 e. The van der Waals surface area contributed by atoms with Crippen molar-refractivity contribution in [3.05, 3.63) is 0 Å². The second-order valence-corrected chi connectivity index (χ2v) is 7.14. The SMILES string of the molecule is C[C@@H]1CCCC[C@]12NC(=O)N(CC(=O)OCC(=O)N1CCCC1=O)C2=O. The molecule has 1 aliphatic carbocycles. The van der Waals surface area contributed by atoms with E-state index in [1.807, 2.05) is 6.92 Å². The van der Waals surface area contributed by atoms with E-state index in [2.05, 4.69) is 5.32 Å². The summed E-state index contributed by atoms with van der Waals surface area (Å²) in [6, 6.07) is -0.609. The van der Waals surface area contributed by atoms with Crippen molar-refractivity contribution in [2.75, 3.05) is 19.7 Å². The summed E-state index contributed by atoms with van der Waals surface area (Å²) in [6.07, 6.45) is 4.14. The van der Waals surface area contributed by atoms with Gasteiger partial charge in [-0.1, -0.05) is 19.8 Å². The minimum atomic E-state index is -0.937. The molecule has 1 N–H and O–H groups in total. The van der Waals surface area contributed by atoms with Gasteiger partial charge in [0.1, 0.15) is 12.1 Å². The molecule has 0 bridgehead atoms. The molecule has 3 fully saturated rings. The minimum Gasteiger partial charge on any atom is -0.454 e. The van der Waals surface area contributed by atoms with Gasteiger partial charge >= 0.3 is 12.0 Å². The van der Waals surface area contributed by atoms with Gasteiger partial charge < -0.3 is 10.1 Å². The van der Waals surface area contributed by atoms with Gasteiger partial charge in [-0.05, 0) is 25.2 Å². The number of hydrogen-bond donors (Lipinski definition) is 1. The van der Waals surface area contributed by atoms with Gasteiger partial charge in [0.15, 0.2) is 6.61 Å². The maximum Gasteiger partial charge on any atom is 0.326 e. The molecule has 3 rings (SSSR count). The molecular formula is C17H23N3O6. The molecule has 2 heterocycles. The lowest BCUT2D eigenvalue weighted by molar-refractivity contribution is -0.156. The number of nitrogens with zero attached hydrogens (tertiary/aromatic N) is 2. The topological polar surface area (TPSA) is 113 Å². The molecule has 2 atom stereocenters. The lowest BCUT2D eigenvalue weighted by atomic mass is 9.73. The first kappa shape index (κ1) is 18.3. The number of esters is 1. The molecule has 0 aromatic carbocycles. The van der Waals surface area contributed by atoms with Crippen LogP contribution in [0.25, 0.3) is 0 Å². The Morgan fingerprint density at radius 3 is 2.65 bits per heavy atom. The van der Waals surface area contributed by atoms with Gasteiger partial charge in [0.2, 0.25) is 5.91 Å². The van der Waals surface area contributed by atoms with Crippen LogP contribution in [0.3, 0.4) is 0 Å². The van der Waals surface area contributed by atoms with Gasteiger partial charge in [-0.3, -0.25) is 29.0 Å². The standard InChI is InChI=1S/C17H23N3O6/c1-11-5-2-3-7-17(11)15(24)20(16(25)18-17)9-14(23)26-10-13(22)19-8-4-6-12(19)21/h11H,2-10H2,1H3,(H,18,25)/t11-,17+/m1/s1. The van der Waals surface area contributed by atoms with Crippen molar-refractivity contribution in [1.82, 2.24) is 15.1 Å². The van der Waals surface area contributed by atoms with Gasteiger partial charge in [0, 0.05) is 13.0 Å². The number of carbonyl (C=O) groups excluding carboxylic acids is 5. The third kappa shape index (κ3) is 3.17. The highest BCUT2D eigenvalue weighted by Gasteiger charge is 2.55. The molecule has 9 heteroatoms. The predicted molar refractivity (Wildman–Crippen MR) is 87.5 cm³/mol. The van der Waals surface area contributed by atoms with E-state index in [1.54, 1.807) is 0 Å². The van der Waals surface area contributed by atoms with E-state index < -0.39 is 42.5 Å². The largest absolute Gasteiger partial charge is 0.454 e. The van der Waals surface area contributed by atoms with Crippen LogP contribution in [0.1, 0.15) is 45.4 Å². The number of ether oxygens (including phenoxy) is 1. The zero-order valence-electron chi connectivity index (χ0n) is 14.8. The second-order valence-electron chi connectivity index (χ2n) is 7.14. The van der Waals surface area contributed by atoms with Crippen molar-refractivity contribution in [2.45, 2.75) is 51.0 Å². The summed E-state index contributed by atoms with van der Waals surface area (Å²) in [5.41, 5.74) is -0.937. The number of hydrogen-bond acceptors (Lipinski definition) is 6. The summed E-state index contributed by atoms with van der Waals surface area (Å²) in [5.74, 6) is -2.14. The Bertz CT molecular complexity index is 663. The van der Waals surface area contributed by atoms with E-state index >= 15 is 0 Å². The van der Waals surface area contributed by atoms with E-state index in [0.717, 1.165) is 29.1 Å². The molecule has 1 saturated carbocycles. The summed E-state index contributed by atoms with van der Waals surface area (Å²) >= 11 is 0. The fraction of sp³-hybridized carbons (Fsp3) is 0.706. The van der Waals surface area contributed by atoms with E-state index in [-0.39, 0.29) is 11.8 Å². The highest BCUT2D eigenvalue weighted by molar-refractivity contribution is 6.09. The van der Waals surface area contributed by atoms with Crippen LogP contribution in [0, 0.1) is 5.92 Å².